The van der Waals surface area contributed by atoms with Gasteiger partial charge in [0.1, 0.15) is 0 Å². The Labute approximate surface area is 51.3 Å². The van der Waals surface area contributed by atoms with Gasteiger partial charge in [0.2, 0.25) is 0 Å². The van der Waals surface area contributed by atoms with Crippen molar-refractivity contribution >= 4 is 17.7 Å². The summed E-state index contributed by atoms with van der Waals surface area (Å²) < 4.78 is 50.1. The third kappa shape index (κ3) is 2.01. The van der Waals surface area contributed by atoms with Gasteiger partial charge in [-0.25, -0.2) is 0 Å². The Morgan fingerprint density at radius 3 is 1.00 bits per heavy atom. The third-order valence-corrected chi connectivity index (χ3v) is 0.498. The van der Waals surface area contributed by atoms with Crippen LogP contribution < -0.4 is 0 Å². The molecule has 0 aromatic heterocycles. The van der Waals surface area contributed by atoms with E-state index in [4.69, 9.17) is 0 Å². The Morgan fingerprint density at radius 2 is 1.00 bits per heavy atom. The van der Waals surface area contributed by atoms with Crippen LogP contribution in [-0.4, -0.2) is 28.5 Å². The molecule has 0 heterocycles. The van der Waals surface area contributed by atoms with Gasteiger partial charge in [-0.2, -0.15) is 0 Å². The Balaban J connectivity index is 4.02. The number of halogens is 5. The monoisotopic (exact) mass is 126 g/mol. The second kappa shape index (κ2) is 1.89. The SMILES string of the molecule is [Li][C](F)(F)C(F)(F)F. The molecule has 0 N–H and O–H groups in total. The van der Waals surface area contributed by atoms with E-state index in [1.54, 1.807) is 0 Å². The van der Waals surface area contributed by atoms with Crippen molar-refractivity contribution in [2.45, 2.75) is 10.8 Å². The molecule has 0 saturated heterocycles. The minimum absolute atomic E-state index is 0.188. The van der Waals surface area contributed by atoms with E-state index in [0.29, 0.717) is 0 Å². The molecule has 0 rings (SSSR count). The van der Waals surface area contributed by atoms with Crippen LogP contribution in [0.15, 0.2) is 0 Å². The van der Waals surface area contributed by atoms with Gasteiger partial charge >= 0.3 is 50.4 Å². The van der Waals surface area contributed by atoms with E-state index in [0.717, 1.165) is 0 Å². The number of hydrogen-bond donors (Lipinski definition) is 0. The summed E-state index contributed by atoms with van der Waals surface area (Å²) in [7, 11) is 0. The average Bonchev–Trinajstić information content (AvgIpc) is 1.25. The van der Waals surface area contributed by atoms with Crippen molar-refractivity contribution in [1.29, 1.82) is 0 Å². The Bertz CT molecular complexity index is 65.4. The molecule has 0 nitrogen and oxygen atoms in total. The summed E-state index contributed by atoms with van der Waals surface area (Å²) in [5.74, 6) is 0. The topological polar surface area (TPSA) is 0 Å². The van der Waals surface area contributed by atoms with Crippen LogP contribution in [0.1, 0.15) is 0 Å². The first kappa shape index (κ1) is 8.25. The van der Waals surface area contributed by atoms with Crippen LogP contribution in [0.4, 0.5) is 22.0 Å². The van der Waals surface area contributed by atoms with E-state index in [-0.39, 0.29) is 17.7 Å². The van der Waals surface area contributed by atoms with Crippen molar-refractivity contribution in [3.05, 3.63) is 0 Å². The molecule has 44 valence electrons. The standard InChI is InChI=1S/C2F5.Li/c3-1(4)2(5,6)7;. The fourth-order valence-corrected chi connectivity index (χ4v) is 0. The zero-order chi connectivity index (χ0) is 7.00. The molecule has 0 spiro atoms. The quantitative estimate of drug-likeness (QED) is 0.339. The van der Waals surface area contributed by atoms with Crippen molar-refractivity contribution in [3.8, 4) is 0 Å². The fourth-order valence-electron chi connectivity index (χ4n) is 0. The van der Waals surface area contributed by atoms with Gasteiger partial charge in [-0.05, 0) is 0 Å². The van der Waals surface area contributed by atoms with Crippen molar-refractivity contribution < 1.29 is 22.0 Å². The predicted octanol–water partition coefficient (Wildman–Crippen LogP) is 1.31. The molecule has 0 aromatic carbocycles. The maximum atomic E-state index is 11.1. The Hall–Kier alpha value is 0.247. The summed E-state index contributed by atoms with van der Waals surface area (Å²) in [6.07, 6.45) is -5.40. The molecule has 0 bridgehead atoms. The number of hydrogen-bond acceptors (Lipinski definition) is 0. The van der Waals surface area contributed by atoms with Crippen LogP contribution in [0, 0.1) is 0 Å². The summed E-state index contributed by atoms with van der Waals surface area (Å²) in [5, 5.41) is 0. The first-order valence-electron chi connectivity index (χ1n) is 1.69. The van der Waals surface area contributed by atoms with Crippen molar-refractivity contribution in [2.75, 3.05) is 0 Å². The molecular formula is C2F5Li. The number of rotatable bonds is 0. The molecule has 0 aromatic rings. The third-order valence-electron chi connectivity index (χ3n) is 0.498. The van der Waals surface area contributed by atoms with E-state index in [9.17, 15) is 22.0 Å². The number of alkyl halides is 5. The van der Waals surface area contributed by atoms with Crippen LogP contribution in [0.2, 0.25) is 0 Å². The van der Waals surface area contributed by atoms with Gasteiger partial charge in [0, 0.05) is 0 Å². The Kier molecular flexibility index (Phi) is 1.94. The van der Waals surface area contributed by atoms with E-state index in [1.807, 2.05) is 0 Å². The van der Waals surface area contributed by atoms with Crippen LogP contribution in [-0.2, 0) is 0 Å². The van der Waals surface area contributed by atoms with Gasteiger partial charge in [0.15, 0.2) is 0 Å². The second-order valence-corrected chi connectivity index (χ2v) is 1.39. The van der Waals surface area contributed by atoms with E-state index < -0.39 is 10.8 Å². The van der Waals surface area contributed by atoms with Gasteiger partial charge in [0.05, 0.1) is 0 Å². The van der Waals surface area contributed by atoms with E-state index in [1.165, 1.54) is 0 Å². The van der Waals surface area contributed by atoms with Crippen LogP contribution in [0.25, 0.3) is 0 Å². The maximum absolute atomic E-state index is 11.1. The molecule has 0 amide bonds. The molecule has 0 fully saturated rings. The summed E-state index contributed by atoms with van der Waals surface area (Å²) in [5.41, 5.74) is 0. The van der Waals surface area contributed by atoms with Crippen molar-refractivity contribution in [2.24, 2.45) is 0 Å². The summed E-state index contributed by atoms with van der Waals surface area (Å²) in [4.78, 5) is 0. The van der Waals surface area contributed by atoms with Gasteiger partial charge in [-0.15, -0.1) is 0 Å². The van der Waals surface area contributed by atoms with Gasteiger partial charge in [0.25, 0.3) is 0 Å². The molecule has 6 heteroatoms. The summed E-state index contributed by atoms with van der Waals surface area (Å²) >= 11 is -0.188. The fraction of sp³-hybridized carbons (Fsp3) is 1.00. The van der Waals surface area contributed by atoms with Gasteiger partial charge in [-0.1, -0.05) is 0 Å². The average molecular weight is 126 g/mol. The molecule has 0 aliphatic heterocycles. The second-order valence-electron chi connectivity index (χ2n) is 1.39. The molecule has 0 unspecified atom stereocenters. The van der Waals surface area contributed by atoms with Crippen molar-refractivity contribution in [1.82, 2.24) is 0 Å². The van der Waals surface area contributed by atoms with Crippen LogP contribution in [0.3, 0.4) is 0 Å². The zero-order valence-electron chi connectivity index (χ0n) is 3.89. The van der Waals surface area contributed by atoms with E-state index >= 15 is 0 Å². The van der Waals surface area contributed by atoms with Gasteiger partial charge in [-0.3, -0.25) is 0 Å². The first-order chi connectivity index (χ1) is 3.25. The van der Waals surface area contributed by atoms with Crippen LogP contribution >= 0.6 is 0 Å². The summed E-state index contributed by atoms with van der Waals surface area (Å²) in [6.45, 7) is 0. The van der Waals surface area contributed by atoms with E-state index in [2.05, 4.69) is 0 Å². The molecule has 0 aliphatic rings. The normalized spacial score (nSPS) is 14.4. The first-order valence-corrected chi connectivity index (χ1v) is 1.69. The van der Waals surface area contributed by atoms with Crippen LogP contribution in [0.5, 0.6) is 0 Å². The van der Waals surface area contributed by atoms with Crippen molar-refractivity contribution in [3.63, 3.8) is 0 Å². The Morgan fingerprint density at radius 1 is 0.875 bits per heavy atom. The molecular weight excluding hydrogens is 126 g/mol. The van der Waals surface area contributed by atoms with Gasteiger partial charge < -0.3 is 0 Å². The minimum atomic E-state index is -5.40. The molecule has 8 heavy (non-hydrogen) atoms. The molecule has 0 aliphatic carbocycles. The summed E-state index contributed by atoms with van der Waals surface area (Å²) in [6, 6.07) is 0. The predicted molar refractivity (Wildman–Crippen MR) is 16.8 cm³/mol. The molecule has 0 saturated carbocycles. The zero-order valence-corrected chi connectivity index (χ0v) is 3.89. The molecule has 0 atom stereocenters. The molecule has 0 radical (unpaired) electrons.